The summed E-state index contributed by atoms with van der Waals surface area (Å²) in [6.07, 6.45) is -3.31. The topological polar surface area (TPSA) is 181 Å². The molecule has 16 heteroatoms. The first-order chi connectivity index (χ1) is 15.4. The van der Waals surface area contributed by atoms with Crippen molar-refractivity contribution in [1.82, 2.24) is 19.5 Å². The van der Waals surface area contributed by atoms with Gasteiger partial charge >= 0.3 is 11.9 Å². The fraction of sp³-hybridized carbons (Fsp3) is 0.529. The number of hydrogen-bond donors (Lipinski definition) is 1. The van der Waals surface area contributed by atoms with Crippen molar-refractivity contribution in [3.63, 3.8) is 0 Å². The van der Waals surface area contributed by atoms with Crippen LogP contribution in [-0.4, -0.2) is 77.0 Å². The monoisotopic (exact) mass is 505 g/mol. The lowest BCUT2D eigenvalue weighted by molar-refractivity contribution is -0.155. The van der Waals surface area contributed by atoms with E-state index in [2.05, 4.69) is 19.9 Å². The van der Waals surface area contributed by atoms with Crippen molar-refractivity contribution >= 4 is 50.7 Å². The van der Waals surface area contributed by atoms with Crippen LogP contribution in [0, 0.1) is 0 Å². The summed E-state index contributed by atoms with van der Waals surface area (Å²) < 4.78 is 46.3. The van der Waals surface area contributed by atoms with Gasteiger partial charge in [0.2, 0.25) is 11.5 Å². The normalized spacial score (nSPS) is 23.6. The average molecular weight is 506 g/mol. The first-order valence-corrected chi connectivity index (χ1v) is 11.6. The highest BCUT2D eigenvalue weighted by Crippen LogP contribution is 2.36. The van der Waals surface area contributed by atoms with Crippen molar-refractivity contribution in [2.45, 2.75) is 45.3 Å². The number of carbonyl (C=O) groups excluding carboxylic acids is 3. The quantitative estimate of drug-likeness (QED) is 0.306. The minimum atomic E-state index is -4.08. The summed E-state index contributed by atoms with van der Waals surface area (Å²) in [5.74, 6) is -2.09. The molecule has 180 valence electrons. The number of H-pyrrole nitrogens is 1. The fourth-order valence-corrected chi connectivity index (χ4v) is 4.16. The molecule has 0 unspecified atom stereocenters. The van der Waals surface area contributed by atoms with E-state index in [1.165, 1.54) is 13.3 Å². The number of rotatable bonds is 6. The number of hydrogen-bond acceptors (Lipinski definition) is 11. The maximum Gasteiger partial charge on any atom is 0.303 e. The molecular formula is C17H20ClN5O9S. The molecule has 1 aliphatic rings. The lowest BCUT2D eigenvalue weighted by Gasteiger charge is -2.24. The van der Waals surface area contributed by atoms with Crippen LogP contribution in [0.2, 0.25) is 5.15 Å². The molecule has 0 spiro atoms. The summed E-state index contributed by atoms with van der Waals surface area (Å²) >= 11 is 6.53. The van der Waals surface area contributed by atoms with Gasteiger partial charge in [0.15, 0.2) is 18.0 Å². The molecule has 3 rings (SSSR count). The molecule has 0 aliphatic carbocycles. The molecule has 2 aromatic heterocycles. The van der Waals surface area contributed by atoms with Gasteiger partial charge in [-0.15, -0.1) is 0 Å². The standard InChI is InChI=1S/C17H20ClN5O9S/c1-7(24)21-17-22-15-11(19-6-20-15)14(18)23(17)16-13(30-9(3)26)12(32-33(4,27)28)10(31-16)5-29-8(2)25/h6,10,12-13,16H,5H2,1-4H3,(H,19,20,21,22,24)/t10-,12+,13-,16-/m1/s1. The van der Waals surface area contributed by atoms with Crippen LogP contribution in [0.4, 0.5) is 0 Å². The number of aromatic nitrogens is 4. The highest BCUT2D eigenvalue weighted by atomic mass is 35.5. The Bertz CT molecular complexity index is 1270. The lowest BCUT2D eigenvalue weighted by Crippen LogP contribution is -2.42. The van der Waals surface area contributed by atoms with Crippen LogP contribution >= 0.6 is 11.6 Å². The molecule has 0 bridgehead atoms. The van der Waals surface area contributed by atoms with Gasteiger partial charge in [-0.25, -0.2) is 4.98 Å². The highest BCUT2D eigenvalue weighted by molar-refractivity contribution is 7.86. The maximum atomic E-state index is 11.9. The Morgan fingerprint density at radius 3 is 2.52 bits per heavy atom. The fourth-order valence-electron chi connectivity index (χ4n) is 3.21. The Balaban J connectivity index is 2.21. The Morgan fingerprint density at radius 2 is 1.94 bits per heavy atom. The number of esters is 2. The van der Waals surface area contributed by atoms with Crippen molar-refractivity contribution < 1.29 is 41.2 Å². The number of imidazole rings is 1. The summed E-state index contributed by atoms with van der Waals surface area (Å²) in [6.45, 7) is 2.99. The third kappa shape index (κ3) is 5.73. The van der Waals surface area contributed by atoms with Crippen molar-refractivity contribution in [3.05, 3.63) is 17.1 Å². The van der Waals surface area contributed by atoms with Gasteiger partial charge in [-0.1, -0.05) is 11.6 Å². The molecule has 1 saturated heterocycles. The van der Waals surface area contributed by atoms with Crippen molar-refractivity contribution in [2.24, 2.45) is 4.99 Å². The summed E-state index contributed by atoms with van der Waals surface area (Å²) in [5.41, 5.74) is 0.132. The molecule has 1 aliphatic heterocycles. The third-order valence-electron chi connectivity index (χ3n) is 4.29. The zero-order valence-corrected chi connectivity index (χ0v) is 19.4. The molecule has 0 saturated carbocycles. The first kappa shape index (κ1) is 24.8. The molecule has 0 aromatic carbocycles. The number of ether oxygens (including phenoxy) is 3. The number of amides is 1. The zero-order valence-electron chi connectivity index (χ0n) is 17.8. The summed E-state index contributed by atoms with van der Waals surface area (Å²) in [7, 11) is -4.08. The van der Waals surface area contributed by atoms with Crippen LogP contribution in [0.5, 0.6) is 0 Å². The van der Waals surface area contributed by atoms with E-state index >= 15 is 0 Å². The predicted octanol–water partition coefficient (Wildman–Crippen LogP) is -0.403. The average Bonchev–Trinajstić information content (AvgIpc) is 3.24. The van der Waals surface area contributed by atoms with Gasteiger partial charge in [-0.05, 0) is 0 Å². The minimum absolute atomic E-state index is 0.0779. The number of carbonyl (C=O) groups is 3. The van der Waals surface area contributed by atoms with Gasteiger partial charge in [-0.3, -0.25) is 23.1 Å². The van der Waals surface area contributed by atoms with Crippen molar-refractivity contribution in [3.8, 4) is 0 Å². The number of nitrogens with zero attached hydrogens (tertiary/aromatic N) is 4. The predicted molar refractivity (Wildman–Crippen MR) is 109 cm³/mol. The molecule has 2 aromatic rings. The smallest absolute Gasteiger partial charge is 0.303 e. The van der Waals surface area contributed by atoms with Crippen molar-refractivity contribution in [1.29, 1.82) is 0 Å². The molecule has 1 amide bonds. The van der Waals surface area contributed by atoms with E-state index in [-0.39, 0.29) is 21.9 Å². The summed E-state index contributed by atoms with van der Waals surface area (Å²) in [6, 6.07) is 0. The number of fused-ring (bicyclic) bond motifs is 1. The molecule has 3 heterocycles. The highest BCUT2D eigenvalue weighted by Gasteiger charge is 2.51. The van der Waals surface area contributed by atoms with Crippen molar-refractivity contribution in [2.75, 3.05) is 12.9 Å². The van der Waals surface area contributed by atoms with E-state index in [1.54, 1.807) is 0 Å². The Hall–Kier alpha value is -2.88. The molecule has 4 atom stereocenters. The first-order valence-electron chi connectivity index (χ1n) is 9.38. The summed E-state index contributed by atoms with van der Waals surface area (Å²) in [4.78, 5) is 49.7. The van der Waals surface area contributed by atoms with Crippen LogP contribution in [0.15, 0.2) is 11.3 Å². The van der Waals surface area contributed by atoms with Crippen LogP contribution in [0.1, 0.15) is 27.0 Å². The molecule has 0 radical (unpaired) electrons. The number of halogens is 1. The van der Waals surface area contributed by atoms with E-state index in [4.69, 9.17) is 30.0 Å². The molecule has 1 N–H and O–H groups in total. The molecular weight excluding hydrogens is 486 g/mol. The second-order valence-corrected chi connectivity index (χ2v) is 8.97. The summed E-state index contributed by atoms with van der Waals surface area (Å²) in [5, 5.41) is -0.0779. The molecule has 1 fully saturated rings. The van der Waals surface area contributed by atoms with Gasteiger partial charge in [-0.2, -0.15) is 18.4 Å². The Kier molecular flexibility index (Phi) is 7.16. The largest absolute Gasteiger partial charge is 0.463 e. The maximum absolute atomic E-state index is 11.9. The Labute approximate surface area is 192 Å². The van der Waals surface area contributed by atoms with Gasteiger partial charge < -0.3 is 19.2 Å². The second-order valence-electron chi connectivity index (χ2n) is 7.01. The molecule has 14 nitrogen and oxygen atoms in total. The van der Waals surface area contributed by atoms with Gasteiger partial charge in [0.1, 0.15) is 29.5 Å². The Morgan fingerprint density at radius 1 is 1.24 bits per heavy atom. The number of nitrogens with one attached hydrogen (secondary N) is 1. The van der Waals surface area contributed by atoms with Crippen LogP contribution < -0.4 is 5.62 Å². The second kappa shape index (κ2) is 9.54. The van der Waals surface area contributed by atoms with E-state index in [1.807, 2.05) is 0 Å². The van der Waals surface area contributed by atoms with Gasteiger partial charge in [0, 0.05) is 20.8 Å². The van der Waals surface area contributed by atoms with E-state index in [0.29, 0.717) is 0 Å². The van der Waals surface area contributed by atoms with E-state index in [0.717, 1.165) is 24.7 Å². The van der Waals surface area contributed by atoms with Crippen LogP contribution in [-0.2, 0) is 42.9 Å². The van der Waals surface area contributed by atoms with Gasteiger partial charge in [0.05, 0.1) is 12.6 Å². The number of aromatic amines is 1. The SMILES string of the molecule is CC(=O)N=c1nc2nc[nH]c2c(Cl)n1[C@@H]1O[C@H](COC(C)=O)[C@H](OS(C)(=O)=O)[C@H]1OC(C)=O. The van der Waals surface area contributed by atoms with E-state index in [9.17, 15) is 22.8 Å². The molecule has 33 heavy (non-hydrogen) atoms. The van der Waals surface area contributed by atoms with Crippen LogP contribution in [0.25, 0.3) is 11.2 Å². The van der Waals surface area contributed by atoms with Gasteiger partial charge in [0.25, 0.3) is 10.1 Å². The lowest BCUT2D eigenvalue weighted by atomic mass is 10.1. The minimum Gasteiger partial charge on any atom is -0.463 e. The third-order valence-corrected chi connectivity index (χ3v) is 5.24. The van der Waals surface area contributed by atoms with Crippen LogP contribution in [0.3, 0.4) is 0 Å². The zero-order chi connectivity index (χ0) is 24.5. The van der Waals surface area contributed by atoms with E-state index < -0.39 is 59.1 Å².